The number of benzene rings is 3. The van der Waals surface area contributed by atoms with E-state index >= 15 is 0 Å². The Hall–Kier alpha value is -2.94. The van der Waals surface area contributed by atoms with Crippen molar-refractivity contribution < 1.29 is 22.7 Å². The Morgan fingerprint density at radius 3 is 2.06 bits per heavy atom. The zero-order chi connectivity index (χ0) is 23.1. The van der Waals surface area contributed by atoms with Crippen molar-refractivity contribution >= 4 is 50.5 Å². The summed E-state index contributed by atoms with van der Waals surface area (Å²) in [5.74, 6) is 0.590. The lowest BCUT2D eigenvalue weighted by Crippen LogP contribution is -2.20. The van der Waals surface area contributed by atoms with E-state index in [1.54, 1.807) is 36.4 Å². The van der Waals surface area contributed by atoms with E-state index in [1.807, 2.05) is 6.92 Å². The van der Waals surface area contributed by atoms with Gasteiger partial charge in [0.05, 0.1) is 21.5 Å². The topological polar surface area (TPSA) is 93.7 Å². The van der Waals surface area contributed by atoms with Gasteiger partial charge in [0.25, 0.3) is 15.9 Å². The molecule has 0 unspecified atom stereocenters. The lowest BCUT2D eigenvalue weighted by atomic mass is 10.3. The van der Waals surface area contributed by atoms with Crippen LogP contribution in [0.15, 0.2) is 71.6 Å². The number of hydrogen-bond acceptors (Lipinski definition) is 5. The number of amides is 1. The van der Waals surface area contributed by atoms with Gasteiger partial charge in [-0.1, -0.05) is 23.2 Å². The summed E-state index contributed by atoms with van der Waals surface area (Å²) in [4.78, 5) is 12.1. The Balaban J connectivity index is 1.56. The highest BCUT2D eigenvalue weighted by Crippen LogP contribution is 2.25. The van der Waals surface area contributed by atoms with Crippen LogP contribution in [0.2, 0.25) is 10.0 Å². The summed E-state index contributed by atoms with van der Waals surface area (Å²) < 4.78 is 38.4. The van der Waals surface area contributed by atoms with Gasteiger partial charge in [-0.3, -0.25) is 9.52 Å². The predicted octanol–water partition coefficient (Wildman–Crippen LogP) is 5.21. The number of hydrogen-bond donors (Lipinski definition) is 2. The van der Waals surface area contributed by atoms with Gasteiger partial charge in [-0.2, -0.15) is 0 Å². The Morgan fingerprint density at radius 1 is 0.844 bits per heavy atom. The number of nitrogens with one attached hydrogen (secondary N) is 2. The van der Waals surface area contributed by atoms with E-state index in [1.165, 1.54) is 30.3 Å². The van der Waals surface area contributed by atoms with Gasteiger partial charge in [0.2, 0.25) is 0 Å². The van der Waals surface area contributed by atoms with Crippen molar-refractivity contribution in [3.63, 3.8) is 0 Å². The highest BCUT2D eigenvalue weighted by Gasteiger charge is 2.15. The third kappa shape index (κ3) is 6.53. The molecule has 0 spiro atoms. The summed E-state index contributed by atoms with van der Waals surface area (Å²) in [6, 6.07) is 17.0. The highest BCUT2D eigenvalue weighted by molar-refractivity contribution is 7.92. The fraction of sp³-hybridized carbons (Fsp3) is 0.136. The molecule has 0 aliphatic carbocycles. The number of anilines is 2. The second-order valence-corrected chi connectivity index (χ2v) is 9.00. The van der Waals surface area contributed by atoms with E-state index in [4.69, 9.17) is 32.7 Å². The van der Waals surface area contributed by atoms with Crippen LogP contribution in [0.1, 0.15) is 6.92 Å². The normalized spacial score (nSPS) is 11.0. The first kappa shape index (κ1) is 23.7. The molecule has 10 heteroatoms. The van der Waals surface area contributed by atoms with Crippen LogP contribution in [0.25, 0.3) is 0 Å². The van der Waals surface area contributed by atoms with Gasteiger partial charge in [0, 0.05) is 11.4 Å². The van der Waals surface area contributed by atoms with E-state index in [9.17, 15) is 13.2 Å². The molecule has 0 bridgehead atoms. The van der Waals surface area contributed by atoms with Gasteiger partial charge >= 0.3 is 0 Å². The Bertz CT molecular complexity index is 1180. The van der Waals surface area contributed by atoms with Crippen LogP contribution in [0, 0.1) is 0 Å². The zero-order valence-corrected chi connectivity index (χ0v) is 19.3. The number of halogens is 2. The molecule has 0 radical (unpaired) electrons. The molecule has 3 rings (SSSR count). The van der Waals surface area contributed by atoms with Gasteiger partial charge in [0.1, 0.15) is 11.5 Å². The molecule has 2 N–H and O–H groups in total. The smallest absolute Gasteiger partial charge is 0.262 e. The summed E-state index contributed by atoms with van der Waals surface area (Å²) >= 11 is 11.8. The molecule has 1 amide bonds. The largest absolute Gasteiger partial charge is 0.494 e. The fourth-order valence-electron chi connectivity index (χ4n) is 2.63. The third-order valence-electron chi connectivity index (χ3n) is 4.12. The van der Waals surface area contributed by atoms with Crippen LogP contribution < -0.4 is 19.5 Å². The van der Waals surface area contributed by atoms with Crippen molar-refractivity contribution in [2.75, 3.05) is 23.3 Å². The number of sulfonamides is 1. The second-order valence-electron chi connectivity index (χ2n) is 6.50. The van der Waals surface area contributed by atoms with Gasteiger partial charge in [-0.25, -0.2) is 8.42 Å². The highest BCUT2D eigenvalue weighted by atomic mass is 35.5. The molecule has 7 nitrogen and oxygen atoms in total. The molecule has 0 fully saturated rings. The number of rotatable bonds is 9. The van der Waals surface area contributed by atoms with E-state index < -0.39 is 15.9 Å². The standard InChI is InChI=1S/C22H20Cl2N2O5S/c1-2-30-17-6-3-15(4-7-17)26-32(28,29)19-10-8-18(9-11-19)31-14-22(27)25-16-5-12-20(23)21(24)13-16/h3-13,26H,2,14H2,1H3,(H,25,27). The average molecular weight is 495 g/mol. The molecule has 0 atom stereocenters. The van der Waals surface area contributed by atoms with Crippen LogP contribution in [0.3, 0.4) is 0 Å². The lowest BCUT2D eigenvalue weighted by Gasteiger charge is -2.11. The van der Waals surface area contributed by atoms with Gasteiger partial charge < -0.3 is 14.8 Å². The van der Waals surface area contributed by atoms with Crippen molar-refractivity contribution in [3.05, 3.63) is 76.8 Å². The van der Waals surface area contributed by atoms with E-state index in [0.29, 0.717) is 39.5 Å². The molecule has 3 aromatic rings. The van der Waals surface area contributed by atoms with E-state index in [2.05, 4.69) is 10.0 Å². The molecule has 0 aromatic heterocycles. The maximum Gasteiger partial charge on any atom is 0.262 e. The monoisotopic (exact) mass is 494 g/mol. The Morgan fingerprint density at radius 2 is 1.44 bits per heavy atom. The maximum absolute atomic E-state index is 12.6. The summed E-state index contributed by atoms with van der Waals surface area (Å²) in [7, 11) is -3.78. The number of carbonyl (C=O) groups excluding carboxylic acids is 1. The maximum atomic E-state index is 12.6. The molecule has 0 saturated carbocycles. The molecule has 0 saturated heterocycles. The first-order valence-corrected chi connectivity index (χ1v) is 11.7. The summed E-state index contributed by atoms with van der Waals surface area (Å²) in [5, 5.41) is 3.34. The molecule has 0 aliphatic heterocycles. The quantitative estimate of drug-likeness (QED) is 0.425. The summed E-state index contributed by atoms with van der Waals surface area (Å²) in [5.41, 5.74) is 0.891. The molecular formula is C22H20Cl2N2O5S. The van der Waals surface area contributed by atoms with Crippen molar-refractivity contribution in [1.82, 2.24) is 0 Å². The Kier molecular flexibility index (Phi) is 7.84. The minimum Gasteiger partial charge on any atom is -0.494 e. The minimum atomic E-state index is -3.78. The SMILES string of the molecule is CCOc1ccc(NS(=O)(=O)c2ccc(OCC(=O)Nc3ccc(Cl)c(Cl)c3)cc2)cc1. The summed E-state index contributed by atoms with van der Waals surface area (Å²) in [6.07, 6.45) is 0. The first-order chi connectivity index (χ1) is 15.3. The van der Waals surface area contributed by atoms with Gasteiger partial charge in [0.15, 0.2) is 6.61 Å². The van der Waals surface area contributed by atoms with Crippen LogP contribution in [0.4, 0.5) is 11.4 Å². The van der Waals surface area contributed by atoms with Gasteiger partial charge in [-0.05, 0) is 73.7 Å². The van der Waals surface area contributed by atoms with Crippen LogP contribution >= 0.6 is 23.2 Å². The molecule has 0 aliphatic rings. The lowest BCUT2D eigenvalue weighted by molar-refractivity contribution is -0.118. The van der Waals surface area contributed by atoms with Crippen LogP contribution in [-0.2, 0) is 14.8 Å². The molecule has 3 aromatic carbocycles. The first-order valence-electron chi connectivity index (χ1n) is 9.50. The molecule has 32 heavy (non-hydrogen) atoms. The van der Waals surface area contributed by atoms with Crippen molar-refractivity contribution in [1.29, 1.82) is 0 Å². The predicted molar refractivity (Wildman–Crippen MR) is 125 cm³/mol. The molecule has 0 heterocycles. The van der Waals surface area contributed by atoms with Gasteiger partial charge in [-0.15, -0.1) is 0 Å². The number of ether oxygens (including phenoxy) is 2. The fourth-order valence-corrected chi connectivity index (χ4v) is 3.99. The van der Waals surface area contributed by atoms with Crippen LogP contribution in [-0.4, -0.2) is 27.5 Å². The Labute approximate surface area is 196 Å². The average Bonchev–Trinajstić information content (AvgIpc) is 2.76. The number of carbonyl (C=O) groups is 1. The van der Waals surface area contributed by atoms with E-state index in [-0.39, 0.29) is 11.5 Å². The van der Waals surface area contributed by atoms with Crippen LogP contribution in [0.5, 0.6) is 11.5 Å². The summed E-state index contributed by atoms with van der Waals surface area (Å²) in [6.45, 7) is 2.12. The van der Waals surface area contributed by atoms with Crippen molar-refractivity contribution in [2.24, 2.45) is 0 Å². The third-order valence-corrected chi connectivity index (χ3v) is 6.26. The van der Waals surface area contributed by atoms with Crippen molar-refractivity contribution in [3.8, 4) is 11.5 Å². The van der Waals surface area contributed by atoms with Crippen molar-refractivity contribution in [2.45, 2.75) is 11.8 Å². The molecule has 168 valence electrons. The molecular weight excluding hydrogens is 475 g/mol. The van der Waals surface area contributed by atoms with E-state index in [0.717, 1.165) is 0 Å². The second kappa shape index (κ2) is 10.6. The zero-order valence-electron chi connectivity index (χ0n) is 17.0. The minimum absolute atomic E-state index is 0.0546.